The first kappa shape index (κ1) is 13.8. The molecule has 1 amide bonds. The van der Waals surface area contributed by atoms with Crippen LogP contribution in [-0.4, -0.2) is 18.3 Å². The molecule has 6 heteroatoms. The maximum Gasteiger partial charge on any atom is 0.251 e. The van der Waals surface area contributed by atoms with Crippen molar-refractivity contribution in [2.45, 2.75) is 6.92 Å². The van der Waals surface area contributed by atoms with Crippen LogP contribution in [0.25, 0.3) is 0 Å². The molecule has 1 aromatic rings. The van der Waals surface area contributed by atoms with Crippen molar-refractivity contribution < 1.29 is 18.0 Å². The first-order chi connectivity index (χ1) is 7.95. The second-order valence-corrected chi connectivity index (χ2v) is 4.03. The van der Waals surface area contributed by atoms with Crippen LogP contribution in [-0.2, 0) is 0 Å². The summed E-state index contributed by atoms with van der Waals surface area (Å²) in [5, 5.41) is 2.44. The Bertz CT molecular complexity index is 402. The Morgan fingerprint density at radius 3 is 2.35 bits per heavy atom. The van der Waals surface area contributed by atoms with Gasteiger partial charge in [0, 0.05) is 18.0 Å². The fourth-order valence-electron chi connectivity index (χ4n) is 1.11. The van der Waals surface area contributed by atoms with E-state index in [4.69, 9.17) is 11.6 Å². The summed E-state index contributed by atoms with van der Waals surface area (Å²) in [6.45, 7) is 2.09. The van der Waals surface area contributed by atoms with E-state index in [1.165, 1.54) is 0 Å². The van der Waals surface area contributed by atoms with E-state index in [9.17, 15) is 18.0 Å². The number of nitrogens with one attached hydrogen (secondary N) is 1. The van der Waals surface area contributed by atoms with Crippen molar-refractivity contribution >= 4 is 17.5 Å². The van der Waals surface area contributed by atoms with Crippen molar-refractivity contribution in [1.29, 1.82) is 0 Å². The SMILES string of the molecule is CC(CCl)CNC(=O)c1cc(F)c(F)c(F)c1. The third-order valence-electron chi connectivity index (χ3n) is 2.12. The zero-order chi connectivity index (χ0) is 13.0. The number of amides is 1. The molecule has 0 aromatic heterocycles. The topological polar surface area (TPSA) is 29.1 Å². The summed E-state index contributed by atoms with van der Waals surface area (Å²) in [5.41, 5.74) is -0.261. The number of halogens is 4. The van der Waals surface area contributed by atoms with E-state index in [-0.39, 0.29) is 18.0 Å². The first-order valence-corrected chi connectivity index (χ1v) is 5.47. The Morgan fingerprint density at radius 2 is 1.88 bits per heavy atom. The van der Waals surface area contributed by atoms with Crippen LogP contribution in [0, 0.1) is 23.4 Å². The molecule has 1 unspecified atom stereocenters. The molecule has 17 heavy (non-hydrogen) atoms. The molecular weight excluding hydrogens is 255 g/mol. The van der Waals surface area contributed by atoms with Gasteiger partial charge in [0.1, 0.15) is 0 Å². The minimum absolute atomic E-state index is 0.0377. The summed E-state index contributed by atoms with van der Waals surface area (Å²) in [5.74, 6) is -4.64. The molecule has 0 aliphatic carbocycles. The first-order valence-electron chi connectivity index (χ1n) is 4.94. The molecule has 0 spiro atoms. The maximum atomic E-state index is 12.8. The van der Waals surface area contributed by atoms with Gasteiger partial charge in [-0.15, -0.1) is 11.6 Å². The van der Waals surface area contributed by atoms with Crippen LogP contribution in [0.15, 0.2) is 12.1 Å². The van der Waals surface area contributed by atoms with Gasteiger partial charge in [0.2, 0.25) is 0 Å². The van der Waals surface area contributed by atoms with Crippen molar-refractivity contribution in [1.82, 2.24) is 5.32 Å². The van der Waals surface area contributed by atoms with Gasteiger partial charge in [-0.05, 0) is 18.1 Å². The van der Waals surface area contributed by atoms with Crippen molar-refractivity contribution in [2.24, 2.45) is 5.92 Å². The second kappa shape index (κ2) is 5.91. The number of alkyl halides is 1. The van der Waals surface area contributed by atoms with Gasteiger partial charge in [-0.25, -0.2) is 13.2 Å². The minimum atomic E-state index is -1.59. The number of hydrogen-bond acceptors (Lipinski definition) is 1. The van der Waals surface area contributed by atoms with Crippen molar-refractivity contribution in [3.8, 4) is 0 Å². The number of carbonyl (C=O) groups is 1. The highest BCUT2D eigenvalue weighted by molar-refractivity contribution is 6.18. The average Bonchev–Trinajstić information content (AvgIpc) is 2.31. The summed E-state index contributed by atoms with van der Waals surface area (Å²) >= 11 is 5.53. The Hall–Kier alpha value is -1.23. The lowest BCUT2D eigenvalue weighted by Gasteiger charge is -2.09. The van der Waals surface area contributed by atoms with Gasteiger partial charge in [0.25, 0.3) is 5.91 Å². The standard InChI is InChI=1S/C11H11ClF3NO/c1-6(4-12)5-16-11(17)7-2-8(13)10(15)9(14)3-7/h2-3,6H,4-5H2,1H3,(H,16,17). The lowest BCUT2D eigenvalue weighted by molar-refractivity contribution is 0.0948. The molecule has 1 N–H and O–H groups in total. The monoisotopic (exact) mass is 265 g/mol. The van der Waals surface area contributed by atoms with E-state index in [1.54, 1.807) is 6.92 Å². The van der Waals surface area contributed by atoms with E-state index in [0.29, 0.717) is 18.0 Å². The fraction of sp³-hybridized carbons (Fsp3) is 0.364. The van der Waals surface area contributed by atoms with Gasteiger partial charge in [-0.3, -0.25) is 4.79 Å². The lowest BCUT2D eigenvalue weighted by atomic mass is 10.1. The Morgan fingerprint density at radius 1 is 1.35 bits per heavy atom. The number of carbonyl (C=O) groups excluding carboxylic acids is 1. The molecule has 0 saturated carbocycles. The molecule has 0 aliphatic rings. The molecule has 1 atom stereocenters. The van der Waals surface area contributed by atoms with Crippen molar-refractivity contribution in [3.05, 3.63) is 35.1 Å². The Kier molecular flexibility index (Phi) is 4.81. The Labute approximate surface area is 102 Å². The zero-order valence-electron chi connectivity index (χ0n) is 9.07. The molecule has 0 bridgehead atoms. The van der Waals surface area contributed by atoms with Crippen LogP contribution < -0.4 is 5.32 Å². The van der Waals surface area contributed by atoms with E-state index >= 15 is 0 Å². The predicted molar refractivity (Wildman–Crippen MR) is 58.5 cm³/mol. The Balaban J connectivity index is 2.76. The molecule has 0 fully saturated rings. The van der Waals surface area contributed by atoms with Crippen LogP contribution in [0.4, 0.5) is 13.2 Å². The fourth-order valence-corrected chi connectivity index (χ4v) is 1.22. The molecule has 0 saturated heterocycles. The maximum absolute atomic E-state index is 12.8. The zero-order valence-corrected chi connectivity index (χ0v) is 9.82. The minimum Gasteiger partial charge on any atom is -0.352 e. The normalized spacial score (nSPS) is 12.3. The van der Waals surface area contributed by atoms with Crippen LogP contribution in [0.5, 0.6) is 0 Å². The molecule has 1 aromatic carbocycles. The lowest BCUT2D eigenvalue weighted by Crippen LogP contribution is -2.29. The van der Waals surface area contributed by atoms with Crippen LogP contribution >= 0.6 is 11.6 Å². The van der Waals surface area contributed by atoms with E-state index < -0.39 is 23.4 Å². The summed E-state index contributed by atoms with van der Waals surface area (Å²) in [7, 11) is 0. The predicted octanol–water partition coefficient (Wildman–Crippen LogP) is 2.71. The van der Waals surface area contributed by atoms with Crippen molar-refractivity contribution in [3.63, 3.8) is 0 Å². The number of benzene rings is 1. The quantitative estimate of drug-likeness (QED) is 0.658. The third kappa shape index (κ3) is 3.63. The van der Waals surface area contributed by atoms with Crippen molar-refractivity contribution in [2.75, 3.05) is 12.4 Å². The molecule has 0 heterocycles. The molecule has 1 rings (SSSR count). The molecule has 0 radical (unpaired) electrons. The van der Waals surface area contributed by atoms with Gasteiger partial charge >= 0.3 is 0 Å². The van der Waals surface area contributed by atoms with Gasteiger partial charge < -0.3 is 5.32 Å². The highest BCUT2D eigenvalue weighted by Gasteiger charge is 2.15. The van der Waals surface area contributed by atoms with Gasteiger partial charge in [-0.2, -0.15) is 0 Å². The van der Waals surface area contributed by atoms with Crippen LogP contribution in [0.1, 0.15) is 17.3 Å². The molecule has 94 valence electrons. The summed E-state index contributed by atoms with van der Waals surface area (Å²) < 4.78 is 38.3. The van der Waals surface area contributed by atoms with Gasteiger partial charge in [0.05, 0.1) is 0 Å². The largest absolute Gasteiger partial charge is 0.352 e. The number of hydrogen-bond donors (Lipinski definition) is 1. The third-order valence-corrected chi connectivity index (χ3v) is 2.65. The molecule has 0 aliphatic heterocycles. The van der Waals surface area contributed by atoms with E-state index in [0.717, 1.165) is 0 Å². The number of rotatable bonds is 4. The molecular formula is C11H11ClF3NO. The second-order valence-electron chi connectivity index (χ2n) is 3.72. The van der Waals surface area contributed by atoms with E-state index in [1.807, 2.05) is 0 Å². The smallest absolute Gasteiger partial charge is 0.251 e. The van der Waals surface area contributed by atoms with Crippen LogP contribution in [0.2, 0.25) is 0 Å². The molecule has 2 nitrogen and oxygen atoms in total. The van der Waals surface area contributed by atoms with Gasteiger partial charge in [0.15, 0.2) is 17.5 Å². The summed E-state index contributed by atoms with van der Waals surface area (Å²) in [6.07, 6.45) is 0. The van der Waals surface area contributed by atoms with E-state index in [2.05, 4.69) is 5.32 Å². The summed E-state index contributed by atoms with van der Waals surface area (Å²) in [4.78, 5) is 11.5. The highest BCUT2D eigenvalue weighted by atomic mass is 35.5. The highest BCUT2D eigenvalue weighted by Crippen LogP contribution is 2.13. The summed E-state index contributed by atoms with van der Waals surface area (Å²) in [6, 6.07) is 1.30. The van der Waals surface area contributed by atoms with Crippen LogP contribution in [0.3, 0.4) is 0 Å². The van der Waals surface area contributed by atoms with Gasteiger partial charge in [-0.1, -0.05) is 6.92 Å². The average molecular weight is 266 g/mol.